The molecule has 156 valence electrons. The lowest BCUT2D eigenvalue weighted by Crippen LogP contribution is -2.28. The standard InChI is InChI=1S/C14H20N4O4.C7H5B/c1-3-4-8-9(5-19)22-14(11(8)20)18-6-15-10-12(18)16-7(2)17-13(10)21;1-4-7-8(5-2)6-3/h6,8-9,11,14,19-20H,3-5H2,1-2H3,(H,16,17,21);2-3H,1H3/t8?,9-,11+,14-;/m1./s1. The maximum atomic E-state index is 11.9. The van der Waals surface area contributed by atoms with E-state index in [1.54, 1.807) is 18.4 Å². The van der Waals surface area contributed by atoms with Gasteiger partial charge in [-0.3, -0.25) is 9.36 Å². The van der Waals surface area contributed by atoms with Crippen LogP contribution in [0.2, 0.25) is 0 Å². The average Bonchev–Trinajstić information content (AvgIpc) is 3.28. The van der Waals surface area contributed by atoms with E-state index in [2.05, 4.69) is 38.3 Å². The Hall–Kier alpha value is -3.03. The number of hydrogen-bond donors (Lipinski definition) is 3. The SMILES string of the molecule is C#CB(C#C)C#CC.CCCC1[C@@H](CO)O[C@@H](n2cnc3c(=O)[nH]c(C)nc32)[C@H]1O. The number of H-pyrrole nitrogens is 1. The van der Waals surface area contributed by atoms with Gasteiger partial charge < -0.3 is 19.9 Å². The summed E-state index contributed by atoms with van der Waals surface area (Å²) < 4.78 is 7.36. The largest absolute Gasteiger partial charge is 0.394 e. The average molecular weight is 408 g/mol. The molecule has 2 aromatic heterocycles. The normalized spacial score (nSPS) is 22.2. The number of aliphatic hydroxyl groups excluding tert-OH is 2. The second-order valence-electron chi connectivity index (χ2n) is 6.83. The summed E-state index contributed by atoms with van der Waals surface area (Å²) in [6.07, 6.45) is 11.1. The number of hydrogen-bond acceptors (Lipinski definition) is 6. The van der Waals surface area contributed by atoms with Crippen molar-refractivity contribution in [3.8, 4) is 36.2 Å². The lowest BCUT2D eigenvalue weighted by molar-refractivity contribution is -0.0493. The van der Waals surface area contributed by atoms with E-state index in [1.165, 1.54) is 6.33 Å². The minimum Gasteiger partial charge on any atom is -0.394 e. The van der Waals surface area contributed by atoms with Crippen molar-refractivity contribution in [2.75, 3.05) is 6.61 Å². The molecule has 1 unspecified atom stereocenters. The summed E-state index contributed by atoms with van der Waals surface area (Å²) in [5.41, 5.74) is 0.262. The first-order valence-electron chi connectivity index (χ1n) is 9.64. The number of fused-ring (bicyclic) bond motifs is 1. The Labute approximate surface area is 176 Å². The highest BCUT2D eigenvalue weighted by molar-refractivity contribution is 6.82. The molecular weight excluding hydrogens is 383 g/mol. The predicted molar refractivity (Wildman–Crippen MR) is 115 cm³/mol. The number of aromatic nitrogens is 4. The van der Waals surface area contributed by atoms with Crippen molar-refractivity contribution in [2.24, 2.45) is 5.92 Å². The number of terminal acetylenes is 2. The third-order valence-corrected chi connectivity index (χ3v) is 4.77. The van der Waals surface area contributed by atoms with Gasteiger partial charge in [0.25, 0.3) is 5.56 Å². The van der Waals surface area contributed by atoms with E-state index < -0.39 is 18.4 Å². The Morgan fingerprint density at radius 3 is 2.63 bits per heavy atom. The lowest BCUT2D eigenvalue weighted by atomic mass is 9.53. The molecule has 0 saturated carbocycles. The van der Waals surface area contributed by atoms with E-state index in [1.807, 2.05) is 6.92 Å². The number of aromatic amines is 1. The monoisotopic (exact) mass is 408 g/mol. The number of ether oxygens (including phenoxy) is 1. The van der Waals surface area contributed by atoms with Crippen molar-refractivity contribution in [1.29, 1.82) is 0 Å². The van der Waals surface area contributed by atoms with E-state index in [0.717, 1.165) is 12.8 Å². The van der Waals surface area contributed by atoms with Gasteiger partial charge in [-0.05, 0) is 20.3 Å². The van der Waals surface area contributed by atoms with E-state index >= 15 is 0 Å². The van der Waals surface area contributed by atoms with Crippen LogP contribution in [0.1, 0.15) is 38.7 Å². The Morgan fingerprint density at radius 2 is 2.10 bits per heavy atom. The van der Waals surface area contributed by atoms with Crippen LogP contribution in [0.15, 0.2) is 11.1 Å². The van der Waals surface area contributed by atoms with Crippen molar-refractivity contribution in [3.05, 3.63) is 22.5 Å². The van der Waals surface area contributed by atoms with Crippen molar-refractivity contribution >= 4 is 17.9 Å². The highest BCUT2D eigenvalue weighted by Gasteiger charge is 2.44. The summed E-state index contributed by atoms with van der Waals surface area (Å²) in [6, 6.07) is 0. The maximum Gasteiger partial charge on any atom is 0.394 e. The van der Waals surface area contributed by atoms with Crippen LogP contribution in [-0.4, -0.2) is 55.3 Å². The minimum atomic E-state index is -0.782. The molecule has 9 heteroatoms. The molecule has 0 radical (unpaired) electrons. The van der Waals surface area contributed by atoms with Crippen molar-refractivity contribution < 1.29 is 14.9 Å². The molecule has 30 heavy (non-hydrogen) atoms. The highest BCUT2D eigenvalue weighted by Crippen LogP contribution is 2.37. The zero-order chi connectivity index (χ0) is 22.3. The predicted octanol–water partition coefficient (Wildman–Crippen LogP) is 0.483. The van der Waals surface area contributed by atoms with Gasteiger partial charge in [0.2, 0.25) is 0 Å². The minimum absolute atomic E-state index is 0.152. The molecule has 3 heterocycles. The molecule has 4 atom stereocenters. The van der Waals surface area contributed by atoms with Gasteiger partial charge in [0.15, 0.2) is 17.4 Å². The summed E-state index contributed by atoms with van der Waals surface area (Å²) in [5.74, 6) is 10.3. The Bertz CT molecular complexity index is 1060. The summed E-state index contributed by atoms with van der Waals surface area (Å²) >= 11 is 0. The van der Waals surface area contributed by atoms with E-state index in [0.29, 0.717) is 11.5 Å². The van der Waals surface area contributed by atoms with Gasteiger partial charge in [-0.2, -0.15) is 0 Å². The van der Waals surface area contributed by atoms with Crippen molar-refractivity contribution in [1.82, 2.24) is 19.5 Å². The van der Waals surface area contributed by atoms with Crippen LogP contribution in [0.4, 0.5) is 0 Å². The number of nitrogens with zero attached hydrogens (tertiary/aromatic N) is 3. The summed E-state index contributed by atoms with van der Waals surface area (Å²) in [7, 11) is 0. The van der Waals surface area contributed by atoms with E-state index in [4.69, 9.17) is 17.6 Å². The maximum absolute atomic E-state index is 11.9. The van der Waals surface area contributed by atoms with Gasteiger partial charge in [-0.1, -0.05) is 13.3 Å². The van der Waals surface area contributed by atoms with E-state index in [9.17, 15) is 15.0 Å². The third kappa shape index (κ3) is 4.93. The van der Waals surface area contributed by atoms with Gasteiger partial charge in [-0.25, -0.2) is 9.97 Å². The van der Waals surface area contributed by atoms with Gasteiger partial charge in [-0.15, -0.1) is 36.2 Å². The number of aryl methyl sites for hydroxylation is 1. The van der Waals surface area contributed by atoms with Crippen LogP contribution in [0, 0.1) is 49.1 Å². The third-order valence-electron chi connectivity index (χ3n) is 4.77. The van der Waals surface area contributed by atoms with Gasteiger partial charge >= 0.3 is 6.71 Å². The Morgan fingerprint density at radius 1 is 1.40 bits per heavy atom. The fourth-order valence-electron chi connectivity index (χ4n) is 3.39. The summed E-state index contributed by atoms with van der Waals surface area (Å²) in [5, 5.41) is 20.0. The summed E-state index contributed by atoms with van der Waals surface area (Å²) in [6.45, 7) is 4.95. The zero-order valence-electron chi connectivity index (χ0n) is 17.3. The van der Waals surface area contributed by atoms with Gasteiger partial charge in [0, 0.05) is 5.92 Å². The van der Waals surface area contributed by atoms with Crippen LogP contribution >= 0.6 is 0 Å². The Kier molecular flexibility index (Phi) is 8.27. The topological polar surface area (TPSA) is 113 Å². The number of aliphatic hydroxyl groups is 2. The van der Waals surface area contributed by atoms with Crippen LogP contribution in [0.5, 0.6) is 0 Å². The Balaban J connectivity index is 0.000000343. The fraction of sp³-hybridized carbons (Fsp3) is 0.476. The van der Waals surface area contributed by atoms with Crippen molar-refractivity contribution in [2.45, 2.75) is 52.0 Å². The number of imidazole rings is 1. The highest BCUT2D eigenvalue weighted by atomic mass is 16.5. The van der Waals surface area contributed by atoms with Crippen molar-refractivity contribution in [3.63, 3.8) is 0 Å². The molecule has 0 bridgehead atoms. The molecule has 2 aromatic rings. The molecule has 1 aliphatic heterocycles. The molecule has 0 aromatic carbocycles. The molecule has 8 nitrogen and oxygen atoms in total. The molecule has 3 rings (SSSR count). The molecule has 1 fully saturated rings. The quantitative estimate of drug-likeness (QED) is 0.501. The second-order valence-corrected chi connectivity index (χ2v) is 6.83. The first kappa shape index (κ1) is 23.3. The van der Waals surface area contributed by atoms with Crippen LogP contribution in [0.3, 0.4) is 0 Å². The molecule has 1 aliphatic rings. The molecule has 1 saturated heterocycles. The first-order valence-corrected chi connectivity index (χ1v) is 9.64. The van der Waals surface area contributed by atoms with Crippen LogP contribution in [-0.2, 0) is 4.74 Å². The summed E-state index contributed by atoms with van der Waals surface area (Å²) in [4.78, 5) is 22.8. The van der Waals surface area contributed by atoms with Crippen LogP contribution in [0.25, 0.3) is 11.2 Å². The van der Waals surface area contributed by atoms with Gasteiger partial charge in [0.1, 0.15) is 11.9 Å². The van der Waals surface area contributed by atoms with Gasteiger partial charge in [0.05, 0.1) is 19.0 Å². The fourth-order valence-corrected chi connectivity index (χ4v) is 3.39. The zero-order valence-corrected chi connectivity index (χ0v) is 17.3. The smallest absolute Gasteiger partial charge is 0.394 e. The first-order chi connectivity index (χ1) is 14.4. The molecule has 0 amide bonds. The molecule has 3 N–H and O–H groups in total. The molecule has 0 spiro atoms. The number of nitrogens with one attached hydrogen (secondary N) is 1. The lowest BCUT2D eigenvalue weighted by Gasteiger charge is -2.18. The van der Waals surface area contributed by atoms with E-state index in [-0.39, 0.29) is 30.3 Å². The van der Waals surface area contributed by atoms with Crippen LogP contribution < -0.4 is 5.56 Å². The second kappa shape index (κ2) is 10.7. The molecular formula is C21H25BN4O4. The number of rotatable bonds is 4. The molecule has 0 aliphatic carbocycles.